The molecule has 4 heteroatoms. The van der Waals surface area contributed by atoms with Crippen LogP contribution in [0.1, 0.15) is 56.8 Å². The van der Waals surface area contributed by atoms with Gasteiger partial charge in [-0.05, 0) is 149 Å². The molecule has 4 nitrogen and oxygen atoms in total. The topological polar surface area (TPSA) is 48.8 Å². The Labute approximate surface area is 471 Å². The van der Waals surface area contributed by atoms with Crippen molar-refractivity contribution in [3.63, 3.8) is 0 Å². The molecule has 2 heterocycles. The molecule has 12 aromatic rings. The lowest BCUT2D eigenvalue weighted by Crippen LogP contribution is -2.40. The zero-order chi connectivity index (χ0) is 53.7. The maximum Gasteiger partial charge on any atom is 0.145 e. The van der Waals surface area contributed by atoms with Crippen LogP contribution in [0.15, 0.2) is 313 Å². The lowest BCUT2D eigenvalue weighted by atomic mass is 9.67. The van der Waals surface area contributed by atoms with Crippen molar-refractivity contribution in [2.24, 2.45) is 9.98 Å². The number of hydrogen-bond acceptors (Lipinski definition) is 4. The number of rotatable bonds is 10. The Morgan fingerprint density at radius 2 is 0.593 bits per heavy atom. The predicted octanol–water partition coefficient (Wildman–Crippen LogP) is 14.9. The van der Waals surface area contributed by atoms with E-state index in [1.807, 2.05) is 0 Å². The van der Waals surface area contributed by atoms with Crippen molar-refractivity contribution >= 4 is 11.4 Å². The van der Waals surface area contributed by atoms with Crippen molar-refractivity contribution in [1.29, 1.82) is 0 Å². The largest absolute Gasteiger partial charge is 0.359 e. The predicted molar refractivity (Wildman–Crippen MR) is 330 cm³/mol. The Balaban J connectivity index is 0.839. The molecule has 0 spiro atoms. The molecule has 2 aliphatic heterocycles. The van der Waals surface area contributed by atoms with E-state index in [4.69, 9.17) is 9.98 Å². The summed E-state index contributed by atoms with van der Waals surface area (Å²) < 4.78 is 0. The van der Waals surface area contributed by atoms with Crippen molar-refractivity contribution < 1.29 is 0 Å². The Morgan fingerprint density at radius 3 is 1.01 bits per heavy atom. The van der Waals surface area contributed by atoms with Crippen molar-refractivity contribution in [3.8, 4) is 55.6 Å². The van der Waals surface area contributed by atoms with E-state index in [-0.39, 0.29) is 12.3 Å². The van der Waals surface area contributed by atoms with Gasteiger partial charge in [-0.1, -0.05) is 255 Å². The number of hydrogen-bond donors (Lipinski definition) is 2. The smallest absolute Gasteiger partial charge is 0.145 e. The zero-order valence-electron chi connectivity index (χ0n) is 44.4. The number of nitrogens with one attached hydrogen (secondary N) is 2. The molecule has 0 amide bonds. The first-order valence-electron chi connectivity index (χ1n) is 27.9. The zero-order valence-corrected chi connectivity index (χ0v) is 44.4. The average molecular weight is 1040 g/mol. The summed E-state index contributed by atoms with van der Waals surface area (Å²) in [5.74, 6) is 0. The van der Waals surface area contributed by atoms with Gasteiger partial charge in [-0.2, -0.15) is 0 Å². The minimum absolute atomic E-state index is 0.320. The lowest BCUT2D eigenvalue weighted by Gasteiger charge is -2.34. The average Bonchev–Trinajstić information content (AvgIpc) is 4.06. The molecule has 2 unspecified atom stereocenters. The third-order valence-electron chi connectivity index (χ3n) is 16.6. The Bertz CT molecular complexity index is 4350. The summed E-state index contributed by atoms with van der Waals surface area (Å²) in [5, 5.41) is 12.1. The Kier molecular flexibility index (Phi) is 11.9. The molecule has 382 valence electrons. The van der Waals surface area contributed by atoms with Crippen LogP contribution in [-0.4, -0.2) is 0 Å². The summed E-state index contributed by atoms with van der Waals surface area (Å²) in [7, 11) is 0. The van der Waals surface area contributed by atoms with Crippen LogP contribution in [0, 0.1) is 0 Å². The van der Waals surface area contributed by atoms with E-state index in [0.717, 1.165) is 65.9 Å². The highest BCUT2D eigenvalue weighted by Crippen LogP contribution is 2.57. The van der Waals surface area contributed by atoms with Crippen LogP contribution in [0.3, 0.4) is 0 Å². The lowest BCUT2D eigenvalue weighted by molar-refractivity contribution is 0.634. The fourth-order valence-electron chi connectivity index (χ4n) is 12.8. The molecule has 3 aliphatic rings. The van der Waals surface area contributed by atoms with Crippen molar-refractivity contribution in [1.82, 2.24) is 10.6 Å². The van der Waals surface area contributed by atoms with Crippen molar-refractivity contribution in [3.05, 3.63) is 369 Å². The molecule has 81 heavy (non-hydrogen) atoms. The molecule has 2 atom stereocenters. The number of nitrogens with zero attached hydrogens (tertiary/aromatic N) is 2. The maximum absolute atomic E-state index is 5.40. The summed E-state index contributed by atoms with van der Waals surface area (Å²) in [6, 6.07) is 110. The van der Waals surface area contributed by atoms with Crippen molar-refractivity contribution in [2.45, 2.75) is 17.7 Å². The second-order valence-electron chi connectivity index (χ2n) is 21.3. The Hall–Kier alpha value is -10.4. The van der Waals surface area contributed by atoms with Gasteiger partial charge in [0, 0.05) is 10.4 Å². The van der Waals surface area contributed by atoms with Gasteiger partial charge in [0.15, 0.2) is 0 Å². The van der Waals surface area contributed by atoms with Gasteiger partial charge in [-0.25, -0.2) is 0 Å². The van der Waals surface area contributed by atoms with Gasteiger partial charge in [-0.3, -0.25) is 9.98 Å². The van der Waals surface area contributed by atoms with Crippen LogP contribution < -0.4 is 31.8 Å². The Morgan fingerprint density at radius 1 is 0.259 bits per heavy atom. The van der Waals surface area contributed by atoms with Gasteiger partial charge >= 0.3 is 0 Å². The first-order valence-corrected chi connectivity index (χ1v) is 27.9. The third kappa shape index (κ3) is 8.48. The van der Waals surface area contributed by atoms with Gasteiger partial charge in [0.2, 0.25) is 0 Å². The number of benzene rings is 12. The number of fused-ring (bicyclic) bond motifs is 5. The van der Waals surface area contributed by atoms with E-state index in [1.54, 1.807) is 0 Å². The van der Waals surface area contributed by atoms with E-state index in [2.05, 4.69) is 314 Å². The van der Waals surface area contributed by atoms with Crippen LogP contribution >= 0.6 is 0 Å². The van der Waals surface area contributed by atoms with E-state index in [1.165, 1.54) is 66.8 Å². The van der Waals surface area contributed by atoms with E-state index >= 15 is 0 Å². The quantitative estimate of drug-likeness (QED) is 0.143. The standard InChI is InChI=1S/C77H54N4/c1-5-21-51(22-6-1)53-25-17-27-55(45-53)57-29-19-31-61(47-57)75-78-71-39-15-13-37-67(71)73(80-75)59-41-43-65-66-44-42-60(50-70(66)77(69(65)49-59,63-33-9-3-10-34-63)64-35-11-4-12-36-64)74-68-38-14-16-40-72(68)79-76(81-74)62-32-20-30-58(48-62)56-28-18-26-54(46-56)52-23-7-2-8-24-52/h1-50,75-76,80-81H. The fraction of sp³-hybridized carbons (Fsp3) is 0.0390. The molecule has 0 bridgehead atoms. The SMILES string of the molecule is c1ccc(-c2cccc(-c3cccc(C4N=c5ccccc5=C(c5ccc6c(c5)C(c5ccccc5)(c5ccccc5)c5cc(C7=c8ccccc8=NC(c8cccc(-c9cccc(-c%10ccccc%10)c9)c8)N7)ccc5-6)N4)c3)c2)cc1. The fourth-order valence-corrected chi connectivity index (χ4v) is 12.8. The molecular weight excluding hydrogens is 981 g/mol. The van der Waals surface area contributed by atoms with Crippen molar-refractivity contribution in [2.75, 3.05) is 0 Å². The van der Waals surface area contributed by atoms with Gasteiger partial charge in [0.05, 0.1) is 27.5 Å². The molecule has 2 N–H and O–H groups in total. The molecular formula is C77H54N4. The minimum Gasteiger partial charge on any atom is -0.359 e. The molecule has 1 aliphatic carbocycles. The second kappa shape index (κ2) is 20.1. The van der Waals surface area contributed by atoms with Crippen LogP contribution in [-0.2, 0) is 5.41 Å². The molecule has 12 aromatic carbocycles. The van der Waals surface area contributed by atoms with Gasteiger partial charge in [0.25, 0.3) is 0 Å². The summed E-state index contributed by atoms with van der Waals surface area (Å²) in [5.41, 5.74) is 22.6. The monoisotopic (exact) mass is 1030 g/mol. The summed E-state index contributed by atoms with van der Waals surface area (Å²) in [4.78, 5) is 10.8. The molecule has 0 radical (unpaired) electrons. The molecule has 0 aromatic heterocycles. The minimum atomic E-state index is -0.679. The molecule has 0 saturated carbocycles. The van der Waals surface area contributed by atoms with Gasteiger partial charge in [0.1, 0.15) is 12.3 Å². The molecule has 0 fully saturated rings. The highest BCUT2D eigenvalue weighted by molar-refractivity contribution is 5.89. The maximum atomic E-state index is 5.40. The first-order chi connectivity index (χ1) is 40.1. The van der Waals surface area contributed by atoms with E-state index < -0.39 is 5.41 Å². The van der Waals surface area contributed by atoms with E-state index in [9.17, 15) is 0 Å². The highest BCUT2D eigenvalue weighted by Gasteiger charge is 2.47. The normalized spacial score (nSPS) is 15.4. The second-order valence-corrected chi connectivity index (χ2v) is 21.3. The van der Waals surface area contributed by atoms with Crippen LogP contribution in [0.2, 0.25) is 0 Å². The summed E-state index contributed by atoms with van der Waals surface area (Å²) in [6.07, 6.45) is -0.639. The summed E-state index contributed by atoms with van der Waals surface area (Å²) in [6.45, 7) is 0. The first kappa shape index (κ1) is 47.8. The number of para-hydroxylation sites is 2. The third-order valence-corrected chi connectivity index (χ3v) is 16.6. The van der Waals surface area contributed by atoms with Crippen LogP contribution in [0.5, 0.6) is 0 Å². The van der Waals surface area contributed by atoms with Gasteiger partial charge in [-0.15, -0.1) is 0 Å². The van der Waals surface area contributed by atoms with Gasteiger partial charge < -0.3 is 10.6 Å². The van der Waals surface area contributed by atoms with Crippen LogP contribution in [0.25, 0.3) is 67.0 Å². The summed E-state index contributed by atoms with van der Waals surface area (Å²) >= 11 is 0. The molecule has 0 saturated heterocycles. The molecule has 15 rings (SSSR count). The van der Waals surface area contributed by atoms with E-state index in [0.29, 0.717) is 0 Å². The van der Waals surface area contributed by atoms with Crippen LogP contribution in [0.4, 0.5) is 0 Å². The highest BCUT2D eigenvalue weighted by atomic mass is 15.1.